The van der Waals surface area contributed by atoms with Crippen LogP contribution < -0.4 is 4.74 Å². The van der Waals surface area contributed by atoms with E-state index in [1.165, 1.54) is 13.0 Å². The highest BCUT2D eigenvalue weighted by atomic mass is 19.4. The Morgan fingerprint density at radius 3 is 2.74 bits per heavy atom. The molecule has 2 fully saturated rings. The van der Waals surface area contributed by atoms with Crippen molar-refractivity contribution in [3.05, 3.63) is 41.1 Å². The van der Waals surface area contributed by atoms with E-state index in [4.69, 9.17) is 4.74 Å². The van der Waals surface area contributed by atoms with Crippen LogP contribution in [0.4, 0.5) is 26.3 Å². The molecule has 4 aromatic rings. The number of H-pyrrole nitrogens is 1. The Hall–Kier alpha value is -3.61. The smallest absolute Gasteiger partial charge is 0.417 e. The molecule has 2 aromatic heterocycles. The number of hydrogen-bond donors (Lipinski definition) is 2. The van der Waals surface area contributed by atoms with Crippen LogP contribution in [0, 0.1) is 18.6 Å². The maximum absolute atomic E-state index is 16.0. The van der Waals surface area contributed by atoms with E-state index in [1.807, 2.05) is 4.90 Å². The fraction of sp³-hybridized carbons (Fsp3) is 0.400. The minimum Gasteiger partial charge on any atom is -0.493 e. The van der Waals surface area contributed by atoms with Gasteiger partial charge in [-0.3, -0.25) is 10.00 Å². The van der Waals surface area contributed by atoms with Crippen molar-refractivity contribution in [3.8, 4) is 23.0 Å². The maximum atomic E-state index is 16.0. The Morgan fingerprint density at radius 2 is 1.97 bits per heavy atom. The average molecular weight is 537 g/mol. The molecule has 13 heteroatoms. The van der Waals surface area contributed by atoms with Crippen LogP contribution in [0.15, 0.2) is 18.3 Å². The lowest BCUT2D eigenvalue weighted by Crippen LogP contribution is -2.43. The lowest BCUT2D eigenvalue weighted by molar-refractivity contribution is -0.137. The van der Waals surface area contributed by atoms with Gasteiger partial charge in [0.1, 0.15) is 24.1 Å². The summed E-state index contributed by atoms with van der Waals surface area (Å²) in [6, 6.07) is 1.43. The highest BCUT2D eigenvalue weighted by Crippen LogP contribution is 2.46. The molecule has 0 bridgehead atoms. The molecular formula is C25H21F6N5O2. The van der Waals surface area contributed by atoms with Crippen molar-refractivity contribution in [2.24, 2.45) is 0 Å². The van der Waals surface area contributed by atoms with Crippen LogP contribution in [0.5, 0.6) is 11.9 Å². The normalized spacial score (nSPS) is 22.0. The minimum absolute atomic E-state index is 0.0280. The number of halogens is 6. The highest BCUT2D eigenvalue weighted by Gasteiger charge is 2.49. The van der Waals surface area contributed by atoms with E-state index in [-0.39, 0.29) is 36.0 Å². The van der Waals surface area contributed by atoms with Gasteiger partial charge in [0.15, 0.2) is 5.82 Å². The molecule has 0 aliphatic carbocycles. The number of aromatic amines is 1. The zero-order valence-electron chi connectivity index (χ0n) is 20.0. The standard InChI is InChI=1S/C25H21F6N5O2/c1-11-5-16-14(8-32-35-16)17(19(11)25(29,30)31)18-15(27)6-13-21(20(18)28)33-23(34-22(13)37)38-10-24-3-2-4-36(24)9-12(26)7-24/h5-6,8,12H,2-4,7,9-10H2,1H3,(H,32,35)(H,33,34,37)/t12-,24+/m1/s1. The first kappa shape index (κ1) is 24.7. The van der Waals surface area contributed by atoms with Gasteiger partial charge in [0, 0.05) is 23.9 Å². The fourth-order valence-electron chi connectivity index (χ4n) is 5.95. The molecule has 200 valence electrons. The number of aryl methyl sites for hydroxylation is 1. The topological polar surface area (TPSA) is 87.2 Å². The molecule has 4 heterocycles. The van der Waals surface area contributed by atoms with Gasteiger partial charge in [-0.05, 0) is 44.0 Å². The summed E-state index contributed by atoms with van der Waals surface area (Å²) < 4.78 is 93.4. The minimum atomic E-state index is -4.94. The zero-order chi connectivity index (χ0) is 27.0. The molecule has 0 unspecified atom stereocenters. The Morgan fingerprint density at radius 1 is 1.18 bits per heavy atom. The van der Waals surface area contributed by atoms with Crippen LogP contribution in [0.25, 0.3) is 32.9 Å². The van der Waals surface area contributed by atoms with Crippen molar-refractivity contribution in [2.45, 2.75) is 44.1 Å². The molecular weight excluding hydrogens is 516 g/mol. The van der Waals surface area contributed by atoms with Gasteiger partial charge in [0.2, 0.25) is 5.88 Å². The van der Waals surface area contributed by atoms with Crippen molar-refractivity contribution in [3.63, 3.8) is 0 Å². The third kappa shape index (κ3) is 3.74. The summed E-state index contributed by atoms with van der Waals surface area (Å²) in [7, 11) is 0. The van der Waals surface area contributed by atoms with E-state index in [0.717, 1.165) is 12.6 Å². The number of alkyl halides is 4. The van der Waals surface area contributed by atoms with E-state index in [2.05, 4.69) is 20.2 Å². The van der Waals surface area contributed by atoms with Gasteiger partial charge in [-0.1, -0.05) is 0 Å². The summed E-state index contributed by atoms with van der Waals surface area (Å²) in [4.78, 5) is 9.73. The highest BCUT2D eigenvalue weighted by molar-refractivity contribution is 6.00. The van der Waals surface area contributed by atoms with E-state index >= 15 is 8.78 Å². The Labute approximate surface area is 211 Å². The van der Waals surface area contributed by atoms with Crippen molar-refractivity contribution in [1.29, 1.82) is 0 Å². The largest absolute Gasteiger partial charge is 0.493 e. The zero-order valence-corrected chi connectivity index (χ0v) is 20.0. The van der Waals surface area contributed by atoms with Crippen molar-refractivity contribution in [1.82, 2.24) is 25.1 Å². The number of aromatic hydroxyl groups is 1. The number of hydrogen-bond acceptors (Lipinski definition) is 6. The third-order valence-corrected chi connectivity index (χ3v) is 7.55. The summed E-state index contributed by atoms with van der Waals surface area (Å²) in [6.45, 7) is 2.12. The van der Waals surface area contributed by atoms with Gasteiger partial charge in [0.25, 0.3) is 0 Å². The van der Waals surface area contributed by atoms with Gasteiger partial charge < -0.3 is 9.84 Å². The van der Waals surface area contributed by atoms with Crippen LogP contribution in [-0.4, -0.2) is 61.6 Å². The fourth-order valence-corrected chi connectivity index (χ4v) is 5.95. The molecule has 0 amide bonds. The van der Waals surface area contributed by atoms with E-state index < -0.39 is 69.0 Å². The first-order valence-electron chi connectivity index (χ1n) is 11.9. The molecule has 0 spiro atoms. The van der Waals surface area contributed by atoms with Crippen LogP contribution >= 0.6 is 0 Å². The lowest BCUT2D eigenvalue weighted by Gasteiger charge is -2.30. The first-order chi connectivity index (χ1) is 18.0. The summed E-state index contributed by atoms with van der Waals surface area (Å²) in [5, 5.41) is 16.1. The second-order valence-electron chi connectivity index (χ2n) is 9.91. The summed E-state index contributed by atoms with van der Waals surface area (Å²) in [5.74, 6) is -3.58. The van der Waals surface area contributed by atoms with Crippen molar-refractivity contribution < 1.29 is 36.2 Å². The summed E-state index contributed by atoms with van der Waals surface area (Å²) in [6.07, 6.45) is -3.15. The van der Waals surface area contributed by atoms with Crippen molar-refractivity contribution in [2.75, 3.05) is 19.7 Å². The number of rotatable bonds is 4. The predicted molar refractivity (Wildman–Crippen MR) is 124 cm³/mol. The van der Waals surface area contributed by atoms with Crippen LogP contribution in [0.3, 0.4) is 0 Å². The van der Waals surface area contributed by atoms with Gasteiger partial charge in [-0.25, -0.2) is 13.2 Å². The Balaban J connectivity index is 1.50. The first-order valence-corrected chi connectivity index (χ1v) is 11.9. The Kier molecular flexibility index (Phi) is 5.49. The van der Waals surface area contributed by atoms with E-state index in [0.29, 0.717) is 19.0 Å². The SMILES string of the molecule is Cc1cc2[nH]ncc2c(-c2c(F)cc3c(O)nc(OC[C@@]45CCCN4C[C@H](F)C5)nc3c2F)c1C(F)(F)F. The van der Waals surface area contributed by atoms with Crippen LogP contribution in [0.2, 0.25) is 0 Å². The maximum Gasteiger partial charge on any atom is 0.417 e. The average Bonchev–Trinajstić information content (AvgIpc) is 3.51. The quantitative estimate of drug-likeness (QED) is 0.337. The number of aromatic nitrogens is 4. The van der Waals surface area contributed by atoms with Crippen LogP contribution in [-0.2, 0) is 6.18 Å². The predicted octanol–water partition coefficient (Wildman–Crippen LogP) is 5.44. The second-order valence-corrected chi connectivity index (χ2v) is 9.91. The molecule has 2 saturated heterocycles. The molecule has 0 radical (unpaired) electrons. The van der Waals surface area contributed by atoms with Gasteiger partial charge in [-0.15, -0.1) is 0 Å². The third-order valence-electron chi connectivity index (χ3n) is 7.55. The molecule has 38 heavy (non-hydrogen) atoms. The van der Waals surface area contributed by atoms with Gasteiger partial charge in [0.05, 0.1) is 33.8 Å². The second kappa shape index (κ2) is 8.45. The number of nitrogens with zero attached hydrogens (tertiary/aromatic N) is 4. The molecule has 7 nitrogen and oxygen atoms in total. The van der Waals surface area contributed by atoms with Crippen molar-refractivity contribution >= 4 is 21.8 Å². The molecule has 2 aromatic carbocycles. The monoisotopic (exact) mass is 537 g/mol. The number of nitrogens with one attached hydrogen (secondary N) is 1. The molecule has 2 atom stereocenters. The van der Waals surface area contributed by atoms with E-state index in [1.54, 1.807) is 0 Å². The van der Waals surface area contributed by atoms with Gasteiger partial charge >= 0.3 is 12.2 Å². The van der Waals surface area contributed by atoms with Gasteiger partial charge in [-0.2, -0.15) is 28.2 Å². The molecule has 2 aliphatic rings. The molecule has 2 N–H and O–H groups in total. The van der Waals surface area contributed by atoms with Crippen LogP contribution in [0.1, 0.15) is 30.4 Å². The molecule has 2 aliphatic heterocycles. The summed E-state index contributed by atoms with van der Waals surface area (Å²) in [5.41, 5.74) is -4.25. The molecule has 6 rings (SSSR count). The number of ether oxygens (including phenoxy) is 1. The number of benzene rings is 2. The number of fused-ring (bicyclic) bond motifs is 3. The van der Waals surface area contributed by atoms with E-state index in [9.17, 15) is 22.7 Å². The summed E-state index contributed by atoms with van der Waals surface area (Å²) >= 11 is 0. The Bertz CT molecular complexity index is 1590. The molecule has 0 saturated carbocycles. The lowest BCUT2D eigenvalue weighted by atomic mass is 9.91.